The summed E-state index contributed by atoms with van der Waals surface area (Å²) in [5, 5.41) is 9.40. The highest BCUT2D eigenvalue weighted by atomic mass is 19.1. The highest BCUT2D eigenvalue weighted by molar-refractivity contribution is 5.85. The number of nitrogens with two attached hydrogens (primary N) is 1. The number of aromatic nitrogens is 4. The van der Waals surface area contributed by atoms with Gasteiger partial charge in [-0.3, -0.25) is 0 Å². The maximum Gasteiger partial charge on any atom is 0.220 e. The summed E-state index contributed by atoms with van der Waals surface area (Å²) in [4.78, 5) is 14.8. The first-order valence-electron chi connectivity index (χ1n) is 9.59. The zero-order chi connectivity index (χ0) is 20.3. The second-order valence-corrected chi connectivity index (χ2v) is 7.82. The van der Waals surface area contributed by atoms with Crippen LogP contribution in [0.15, 0.2) is 18.3 Å². The maximum absolute atomic E-state index is 15.1. The van der Waals surface area contributed by atoms with Crippen LogP contribution < -0.4 is 10.6 Å². The van der Waals surface area contributed by atoms with E-state index in [4.69, 9.17) is 10.5 Å². The summed E-state index contributed by atoms with van der Waals surface area (Å²) in [5.41, 5.74) is 7.69. The van der Waals surface area contributed by atoms with E-state index in [1.165, 1.54) is 12.3 Å². The van der Waals surface area contributed by atoms with Crippen molar-refractivity contribution in [1.29, 1.82) is 5.26 Å². The van der Waals surface area contributed by atoms with Gasteiger partial charge >= 0.3 is 0 Å². The molecule has 5 heterocycles. The minimum atomic E-state index is -0.461. The van der Waals surface area contributed by atoms with E-state index in [0.717, 1.165) is 25.5 Å². The van der Waals surface area contributed by atoms with Crippen LogP contribution in [0.5, 0.6) is 0 Å². The highest BCUT2D eigenvalue weighted by Crippen LogP contribution is 2.36. The third-order valence-electron chi connectivity index (χ3n) is 5.49. The molecule has 0 aliphatic carbocycles. The molecule has 6 rings (SSSR count). The first-order chi connectivity index (χ1) is 13.9. The third kappa shape index (κ3) is 2.79. The predicted molar refractivity (Wildman–Crippen MR) is 106 cm³/mol. The summed E-state index contributed by atoms with van der Waals surface area (Å²) in [7, 11) is 0. The van der Waals surface area contributed by atoms with E-state index in [0.29, 0.717) is 22.3 Å². The number of nitrogen functional groups attached to an aromatic ring is 1. The number of ether oxygens (including phenoxy) is 1. The average molecular weight is 393 g/mol. The molecule has 148 valence electrons. The monoisotopic (exact) mass is 393 g/mol. The molecule has 3 aliphatic heterocycles. The number of hydrogen-bond donors (Lipinski definition) is 1. The van der Waals surface area contributed by atoms with Gasteiger partial charge < -0.3 is 19.9 Å². The van der Waals surface area contributed by atoms with E-state index in [-0.39, 0.29) is 29.8 Å². The molecule has 2 unspecified atom stereocenters. The lowest BCUT2D eigenvalue weighted by Crippen LogP contribution is -2.58. The van der Waals surface area contributed by atoms with Crippen molar-refractivity contribution in [2.45, 2.75) is 38.5 Å². The highest BCUT2D eigenvalue weighted by Gasteiger charge is 2.40. The van der Waals surface area contributed by atoms with Crippen molar-refractivity contribution in [3.63, 3.8) is 0 Å². The lowest BCUT2D eigenvalue weighted by atomic mass is 9.99. The van der Waals surface area contributed by atoms with Gasteiger partial charge in [0.15, 0.2) is 5.82 Å². The molecule has 0 amide bonds. The lowest BCUT2D eigenvalue weighted by molar-refractivity contribution is -0.133. The summed E-state index contributed by atoms with van der Waals surface area (Å²) in [6.07, 6.45) is 2.86. The first kappa shape index (κ1) is 17.8. The molecule has 8 nitrogen and oxygen atoms in total. The number of piperidine rings is 1. The number of rotatable bonds is 3. The summed E-state index contributed by atoms with van der Waals surface area (Å²) >= 11 is 0. The van der Waals surface area contributed by atoms with Gasteiger partial charge in [0.1, 0.15) is 11.6 Å². The molecular weight excluding hydrogens is 373 g/mol. The van der Waals surface area contributed by atoms with Crippen LogP contribution in [-0.4, -0.2) is 44.8 Å². The average Bonchev–Trinajstić information content (AvgIpc) is 3.08. The fraction of sp³-hybridized carbons (Fsp3) is 0.400. The summed E-state index contributed by atoms with van der Waals surface area (Å²) < 4.78 is 22.9. The van der Waals surface area contributed by atoms with Gasteiger partial charge in [-0.05, 0) is 26.0 Å². The van der Waals surface area contributed by atoms with E-state index < -0.39 is 5.82 Å². The van der Waals surface area contributed by atoms with Gasteiger partial charge in [-0.2, -0.15) is 5.26 Å². The molecular formula is C20H20FN7O. The predicted octanol–water partition coefficient (Wildman–Crippen LogP) is 2.64. The van der Waals surface area contributed by atoms with Crippen LogP contribution in [0.4, 0.5) is 16.3 Å². The quantitative estimate of drug-likeness (QED) is 0.729. The molecule has 3 aliphatic rings. The molecule has 0 saturated carbocycles. The van der Waals surface area contributed by atoms with Gasteiger partial charge in [-0.15, -0.1) is 0 Å². The van der Waals surface area contributed by atoms with Crippen molar-refractivity contribution in [2.75, 3.05) is 23.7 Å². The zero-order valence-corrected chi connectivity index (χ0v) is 16.1. The van der Waals surface area contributed by atoms with E-state index in [2.05, 4.69) is 19.9 Å². The Kier molecular flexibility index (Phi) is 3.93. The molecule has 3 saturated heterocycles. The fourth-order valence-electron chi connectivity index (χ4n) is 4.23. The normalized spacial score (nSPS) is 20.7. The van der Waals surface area contributed by atoms with Gasteiger partial charge in [0.05, 0.1) is 35.2 Å². The summed E-state index contributed by atoms with van der Waals surface area (Å²) in [5.74, 6) is 0.314. The Morgan fingerprint density at radius 2 is 2.00 bits per heavy atom. The van der Waals surface area contributed by atoms with E-state index in [9.17, 15) is 5.26 Å². The number of halogens is 1. The van der Waals surface area contributed by atoms with Crippen molar-refractivity contribution >= 4 is 22.9 Å². The number of nitriles is 1. The molecule has 2 atom stereocenters. The van der Waals surface area contributed by atoms with E-state index >= 15 is 4.39 Å². The van der Waals surface area contributed by atoms with Gasteiger partial charge in [0.2, 0.25) is 11.9 Å². The number of imidazole rings is 1. The topological polar surface area (TPSA) is 106 Å². The second kappa shape index (κ2) is 6.39. The third-order valence-corrected chi connectivity index (χ3v) is 5.49. The van der Waals surface area contributed by atoms with Crippen LogP contribution in [0.25, 0.3) is 22.3 Å². The Balaban J connectivity index is 1.70. The molecule has 0 radical (unpaired) electrons. The number of nitrogens with zero attached hydrogens (tertiary/aromatic N) is 6. The minimum Gasteiger partial charge on any atom is -0.371 e. The molecule has 2 aromatic heterocycles. The van der Waals surface area contributed by atoms with Gasteiger partial charge in [-0.1, -0.05) is 0 Å². The van der Waals surface area contributed by atoms with E-state index in [1.54, 1.807) is 0 Å². The molecule has 2 N–H and O–H groups in total. The number of hydrogen-bond acceptors (Lipinski definition) is 7. The van der Waals surface area contributed by atoms with Crippen LogP contribution in [-0.2, 0) is 4.74 Å². The Bertz CT molecular complexity index is 1150. The van der Waals surface area contributed by atoms with Crippen LogP contribution >= 0.6 is 0 Å². The number of anilines is 2. The number of fused-ring (bicyclic) bond motifs is 3. The first-order valence-corrected chi connectivity index (χ1v) is 9.59. The largest absolute Gasteiger partial charge is 0.371 e. The number of benzene rings is 1. The van der Waals surface area contributed by atoms with Crippen molar-refractivity contribution in [3.05, 3.63) is 29.7 Å². The van der Waals surface area contributed by atoms with Crippen molar-refractivity contribution in [2.24, 2.45) is 0 Å². The zero-order valence-electron chi connectivity index (χ0n) is 16.1. The van der Waals surface area contributed by atoms with Gasteiger partial charge in [0, 0.05) is 31.1 Å². The Morgan fingerprint density at radius 3 is 2.66 bits per heavy atom. The Labute approximate surface area is 166 Å². The fourth-order valence-corrected chi connectivity index (χ4v) is 4.23. The Hall–Kier alpha value is -3.25. The van der Waals surface area contributed by atoms with Crippen molar-refractivity contribution in [1.82, 2.24) is 19.5 Å². The van der Waals surface area contributed by atoms with Crippen LogP contribution in [0.3, 0.4) is 0 Å². The van der Waals surface area contributed by atoms with Crippen molar-refractivity contribution in [3.8, 4) is 17.3 Å². The van der Waals surface area contributed by atoms with Crippen molar-refractivity contribution < 1.29 is 9.13 Å². The second-order valence-electron chi connectivity index (χ2n) is 7.82. The molecule has 29 heavy (non-hydrogen) atoms. The SMILES string of the molecule is CC(C)n1c(N2CC3CC(C2)O3)nc2c(F)cc(-c3nc(N)ncc3C#N)cc21. The standard InChI is InChI=1S/C20H20FN7O/c1-10(2)28-16-4-11(17-12(6-22)7-24-19(23)25-17)3-15(21)18(16)26-20(28)27-8-13-5-14(9-27)29-13/h3-4,7,10,13-14H,5,8-9H2,1-2H3,(H2,23,24,25). The molecule has 3 aromatic rings. The van der Waals surface area contributed by atoms with Gasteiger partial charge in [0.25, 0.3) is 0 Å². The molecule has 9 heteroatoms. The Morgan fingerprint density at radius 1 is 1.28 bits per heavy atom. The molecule has 2 bridgehead atoms. The molecule has 3 fully saturated rings. The van der Waals surface area contributed by atoms with E-state index in [1.807, 2.05) is 30.6 Å². The lowest BCUT2D eigenvalue weighted by Gasteiger charge is -2.47. The minimum absolute atomic E-state index is 0.0325. The smallest absolute Gasteiger partial charge is 0.220 e. The van der Waals surface area contributed by atoms with Gasteiger partial charge in [-0.25, -0.2) is 19.3 Å². The van der Waals surface area contributed by atoms with Crippen LogP contribution in [0, 0.1) is 17.1 Å². The van der Waals surface area contributed by atoms with Crippen LogP contribution in [0.1, 0.15) is 31.9 Å². The maximum atomic E-state index is 15.1. The molecule has 0 spiro atoms. The number of morpholine rings is 1. The molecule has 1 aromatic carbocycles. The summed E-state index contributed by atoms with van der Waals surface area (Å²) in [6.45, 7) is 5.59. The summed E-state index contributed by atoms with van der Waals surface area (Å²) in [6, 6.07) is 5.28. The van der Waals surface area contributed by atoms with Crippen LogP contribution in [0.2, 0.25) is 0 Å².